The molecule has 3 nitrogen and oxygen atoms in total. The zero-order valence-electron chi connectivity index (χ0n) is 12.1. The van der Waals surface area contributed by atoms with Gasteiger partial charge >= 0.3 is 0 Å². The minimum atomic E-state index is -1.60. The van der Waals surface area contributed by atoms with Gasteiger partial charge in [0, 0.05) is 22.5 Å². The van der Waals surface area contributed by atoms with Crippen molar-refractivity contribution in [1.82, 2.24) is 4.90 Å². The molecule has 6 heteroatoms. The Morgan fingerprint density at radius 1 is 1.13 bits per heavy atom. The third-order valence-corrected chi connectivity index (χ3v) is 6.94. The van der Waals surface area contributed by atoms with E-state index >= 15 is 0 Å². The van der Waals surface area contributed by atoms with Crippen molar-refractivity contribution >= 4 is 40.7 Å². The molecule has 2 bridgehead atoms. The molecule has 1 aromatic carbocycles. The Bertz CT molecular complexity index is 732. The van der Waals surface area contributed by atoms with Gasteiger partial charge in [-0.2, -0.15) is 0 Å². The van der Waals surface area contributed by atoms with Gasteiger partial charge in [-0.05, 0) is 30.4 Å². The first-order valence-electron chi connectivity index (χ1n) is 7.77. The van der Waals surface area contributed by atoms with E-state index in [-0.39, 0.29) is 11.9 Å². The molecule has 4 aliphatic rings. The van der Waals surface area contributed by atoms with E-state index in [1.807, 2.05) is 12.1 Å². The molecule has 23 heavy (non-hydrogen) atoms. The zero-order chi connectivity index (χ0) is 16.0. The maximum atomic E-state index is 12.7. The van der Waals surface area contributed by atoms with Gasteiger partial charge in [-0.3, -0.25) is 4.79 Å². The summed E-state index contributed by atoms with van der Waals surface area (Å²) < 4.78 is 4.61. The maximum absolute atomic E-state index is 12.7. The SMILES string of the molecule is O=C1N2[C@@H]3[C@H](CO[C@]2(c2ccc(Cl)cc2)C1(Cl)Cl)[C@H]1C=C[C@@H]3C1. The van der Waals surface area contributed by atoms with E-state index < -0.39 is 10.1 Å². The Labute approximate surface area is 149 Å². The van der Waals surface area contributed by atoms with Gasteiger partial charge in [0.05, 0.1) is 6.61 Å². The van der Waals surface area contributed by atoms with Crippen LogP contribution in [-0.2, 0) is 15.3 Å². The average molecular weight is 371 g/mol. The number of rotatable bonds is 1. The van der Waals surface area contributed by atoms with Gasteiger partial charge in [0.2, 0.25) is 10.1 Å². The maximum Gasteiger partial charge on any atom is 0.267 e. The Kier molecular flexibility index (Phi) is 2.83. The smallest absolute Gasteiger partial charge is 0.267 e. The van der Waals surface area contributed by atoms with E-state index in [0.29, 0.717) is 29.4 Å². The number of fused-ring (bicyclic) bond motifs is 7. The van der Waals surface area contributed by atoms with Crippen LogP contribution in [0.15, 0.2) is 36.4 Å². The number of β-lactam (4-membered cyclic amide) rings is 1. The molecule has 3 fully saturated rings. The van der Waals surface area contributed by atoms with Crippen molar-refractivity contribution in [3.8, 4) is 0 Å². The highest BCUT2D eigenvalue weighted by Crippen LogP contribution is 2.64. The minimum absolute atomic E-state index is 0.118. The highest BCUT2D eigenvalue weighted by molar-refractivity contribution is 6.61. The van der Waals surface area contributed by atoms with Crippen LogP contribution in [0.2, 0.25) is 5.02 Å². The predicted octanol–water partition coefficient (Wildman–Crippen LogP) is 3.73. The van der Waals surface area contributed by atoms with Crippen LogP contribution in [0.4, 0.5) is 0 Å². The number of benzene rings is 1. The fourth-order valence-electron chi connectivity index (χ4n) is 4.84. The summed E-state index contributed by atoms with van der Waals surface area (Å²) in [5.74, 6) is 0.931. The van der Waals surface area contributed by atoms with Crippen LogP contribution in [0.1, 0.15) is 12.0 Å². The van der Waals surface area contributed by atoms with Crippen molar-refractivity contribution in [3.05, 3.63) is 47.0 Å². The average Bonchev–Trinajstić information content (AvgIpc) is 3.15. The molecular weight excluding hydrogens is 357 g/mol. The third kappa shape index (κ3) is 1.55. The fraction of sp³-hybridized carbons (Fsp3) is 0.471. The second-order valence-electron chi connectivity index (χ2n) is 6.81. The molecular formula is C17H14Cl3NO2. The lowest BCUT2D eigenvalue weighted by Crippen LogP contribution is -2.82. The number of hydrogen-bond acceptors (Lipinski definition) is 2. The second kappa shape index (κ2) is 4.45. The molecule has 2 heterocycles. The highest BCUT2D eigenvalue weighted by Gasteiger charge is 2.78. The lowest BCUT2D eigenvalue weighted by atomic mass is 9.77. The number of carbonyl (C=O) groups excluding carboxylic acids is 1. The summed E-state index contributed by atoms with van der Waals surface area (Å²) in [4.78, 5) is 14.5. The molecule has 0 aromatic heterocycles. The number of ether oxygens (including phenoxy) is 1. The Balaban J connectivity index is 1.65. The van der Waals surface area contributed by atoms with Crippen molar-refractivity contribution in [2.24, 2.45) is 17.8 Å². The molecule has 1 amide bonds. The van der Waals surface area contributed by atoms with Crippen molar-refractivity contribution in [3.63, 3.8) is 0 Å². The number of allylic oxidation sites excluding steroid dienone is 1. The molecule has 1 aromatic rings. The van der Waals surface area contributed by atoms with Crippen LogP contribution >= 0.6 is 34.8 Å². The lowest BCUT2D eigenvalue weighted by Gasteiger charge is -2.65. The van der Waals surface area contributed by atoms with Crippen molar-refractivity contribution in [1.29, 1.82) is 0 Å². The Morgan fingerprint density at radius 2 is 1.83 bits per heavy atom. The summed E-state index contributed by atoms with van der Waals surface area (Å²) in [7, 11) is 0. The summed E-state index contributed by atoms with van der Waals surface area (Å²) in [5, 5.41) is 0.619. The molecule has 0 radical (unpaired) electrons. The number of carbonyl (C=O) groups is 1. The molecule has 2 saturated heterocycles. The third-order valence-electron chi connectivity index (χ3n) is 5.85. The van der Waals surface area contributed by atoms with E-state index in [4.69, 9.17) is 39.5 Å². The normalized spacial score (nSPS) is 42.4. The molecule has 0 N–H and O–H groups in total. The quantitative estimate of drug-likeness (QED) is 0.428. The van der Waals surface area contributed by atoms with Crippen LogP contribution in [0, 0.1) is 17.8 Å². The first-order chi connectivity index (χ1) is 11.0. The number of nitrogens with zero attached hydrogens (tertiary/aromatic N) is 1. The number of amides is 1. The Hall–Kier alpha value is -0.740. The van der Waals surface area contributed by atoms with E-state index in [9.17, 15) is 4.79 Å². The number of halogens is 3. The van der Waals surface area contributed by atoms with E-state index in [0.717, 1.165) is 12.0 Å². The molecule has 2 aliphatic carbocycles. The number of hydrogen-bond donors (Lipinski definition) is 0. The monoisotopic (exact) mass is 369 g/mol. The van der Waals surface area contributed by atoms with E-state index in [2.05, 4.69) is 12.2 Å². The van der Waals surface area contributed by atoms with Crippen LogP contribution in [0.5, 0.6) is 0 Å². The molecule has 0 unspecified atom stereocenters. The van der Waals surface area contributed by atoms with Gasteiger partial charge < -0.3 is 9.64 Å². The van der Waals surface area contributed by atoms with Crippen molar-refractivity contribution in [2.75, 3.05) is 6.61 Å². The van der Waals surface area contributed by atoms with E-state index in [1.165, 1.54) is 0 Å². The van der Waals surface area contributed by atoms with Crippen LogP contribution in [0.3, 0.4) is 0 Å². The number of alkyl halides is 2. The van der Waals surface area contributed by atoms with E-state index in [1.54, 1.807) is 17.0 Å². The summed E-state index contributed by atoms with van der Waals surface area (Å²) in [6.45, 7) is 0.559. The molecule has 5 rings (SSSR count). The van der Waals surface area contributed by atoms with Gasteiger partial charge in [-0.15, -0.1) is 0 Å². The van der Waals surface area contributed by atoms with Crippen LogP contribution in [-0.4, -0.2) is 27.8 Å². The minimum Gasteiger partial charge on any atom is -0.348 e. The predicted molar refractivity (Wildman–Crippen MR) is 88.4 cm³/mol. The highest BCUT2D eigenvalue weighted by atomic mass is 35.5. The van der Waals surface area contributed by atoms with Gasteiger partial charge in [0.25, 0.3) is 5.91 Å². The van der Waals surface area contributed by atoms with Gasteiger partial charge in [0.1, 0.15) is 0 Å². The lowest BCUT2D eigenvalue weighted by molar-refractivity contribution is -0.277. The topological polar surface area (TPSA) is 29.5 Å². The van der Waals surface area contributed by atoms with Gasteiger partial charge in [-0.25, -0.2) is 0 Å². The standard InChI is InChI=1S/C17H14Cl3NO2/c18-12-5-3-11(4-6-12)17-16(19,20)15(22)21(17)14-10-2-1-9(7-10)13(14)8-23-17/h1-6,9-10,13-14H,7-8H2/t9-,10+,13+,14-,17+/m0/s1. The first-order valence-corrected chi connectivity index (χ1v) is 8.90. The first kappa shape index (κ1) is 14.6. The molecule has 1 saturated carbocycles. The van der Waals surface area contributed by atoms with Gasteiger partial charge in [-0.1, -0.05) is 59.1 Å². The summed E-state index contributed by atoms with van der Waals surface area (Å²) >= 11 is 18.9. The van der Waals surface area contributed by atoms with Gasteiger partial charge in [0.15, 0.2) is 0 Å². The molecule has 5 atom stereocenters. The largest absolute Gasteiger partial charge is 0.348 e. The molecule has 2 aliphatic heterocycles. The van der Waals surface area contributed by atoms with Crippen LogP contribution in [0.25, 0.3) is 0 Å². The van der Waals surface area contributed by atoms with Crippen molar-refractivity contribution < 1.29 is 9.53 Å². The molecule has 120 valence electrons. The summed E-state index contributed by atoms with van der Waals surface area (Å²) in [6, 6.07) is 7.33. The fourth-order valence-corrected chi connectivity index (χ4v) is 5.66. The van der Waals surface area contributed by atoms with Crippen molar-refractivity contribution in [2.45, 2.75) is 22.5 Å². The second-order valence-corrected chi connectivity index (χ2v) is 8.58. The zero-order valence-corrected chi connectivity index (χ0v) is 14.4. The summed E-state index contributed by atoms with van der Waals surface area (Å²) in [6.07, 6.45) is 5.56. The molecule has 0 spiro atoms. The summed E-state index contributed by atoms with van der Waals surface area (Å²) in [5.41, 5.74) is -0.339. The Morgan fingerprint density at radius 3 is 2.57 bits per heavy atom. The van der Waals surface area contributed by atoms with Crippen LogP contribution < -0.4 is 0 Å².